The van der Waals surface area contributed by atoms with Crippen molar-refractivity contribution in [3.05, 3.63) is 17.7 Å². The lowest BCUT2D eigenvalue weighted by atomic mass is 9.84. The first-order valence-electron chi connectivity index (χ1n) is 9.91. The van der Waals surface area contributed by atoms with Gasteiger partial charge in [-0.1, -0.05) is 19.8 Å². The van der Waals surface area contributed by atoms with Crippen molar-refractivity contribution in [1.82, 2.24) is 9.80 Å². The quantitative estimate of drug-likeness (QED) is 0.775. The van der Waals surface area contributed by atoms with Crippen LogP contribution in [0.2, 0.25) is 0 Å². The second kappa shape index (κ2) is 8.96. The third-order valence-corrected chi connectivity index (χ3v) is 6.07. The third-order valence-electron chi connectivity index (χ3n) is 6.07. The number of ether oxygens (including phenoxy) is 3. The van der Waals surface area contributed by atoms with Gasteiger partial charge in [0.15, 0.2) is 11.5 Å². The Balaban J connectivity index is 1.60. The lowest BCUT2D eigenvalue weighted by Gasteiger charge is -2.43. The van der Waals surface area contributed by atoms with Crippen LogP contribution in [0.3, 0.4) is 0 Å². The number of rotatable bonds is 6. The molecule has 1 aliphatic carbocycles. The van der Waals surface area contributed by atoms with Gasteiger partial charge in [-0.05, 0) is 36.5 Å². The normalized spacial score (nSPS) is 25.1. The van der Waals surface area contributed by atoms with Gasteiger partial charge in [0.05, 0.1) is 21.3 Å². The van der Waals surface area contributed by atoms with Crippen LogP contribution in [-0.4, -0.2) is 63.4 Å². The first kappa shape index (κ1) is 19.3. The average molecular weight is 363 g/mol. The summed E-state index contributed by atoms with van der Waals surface area (Å²) in [5.74, 6) is 2.98. The standard InChI is InChI=1S/C21H34N2O3/c1-16-7-5-6-8-18(16)23-11-9-22(10-12-23)15-17-13-19(24-2)21(26-4)20(14-17)25-3/h13-14,16,18H,5-12,15H2,1-4H3/t16-,18-/m1/s1. The van der Waals surface area contributed by atoms with E-state index in [0.29, 0.717) is 5.75 Å². The summed E-state index contributed by atoms with van der Waals surface area (Å²) >= 11 is 0. The van der Waals surface area contributed by atoms with Crippen molar-refractivity contribution in [2.45, 2.75) is 45.2 Å². The van der Waals surface area contributed by atoms with E-state index in [-0.39, 0.29) is 0 Å². The van der Waals surface area contributed by atoms with Crippen LogP contribution >= 0.6 is 0 Å². The maximum Gasteiger partial charge on any atom is 0.203 e. The molecule has 0 amide bonds. The molecule has 0 bridgehead atoms. The molecular formula is C21H34N2O3. The lowest BCUT2D eigenvalue weighted by molar-refractivity contribution is 0.0517. The first-order valence-corrected chi connectivity index (χ1v) is 9.91. The molecule has 2 fully saturated rings. The predicted octanol–water partition coefficient (Wildman–Crippen LogP) is 3.41. The maximum atomic E-state index is 5.48. The number of benzene rings is 1. The Morgan fingerprint density at radius 1 is 0.885 bits per heavy atom. The lowest BCUT2D eigenvalue weighted by Crippen LogP contribution is -2.52. The van der Waals surface area contributed by atoms with Crippen LogP contribution in [0.1, 0.15) is 38.2 Å². The van der Waals surface area contributed by atoms with Crippen LogP contribution < -0.4 is 14.2 Å². The van der Waals surface area contributed by atoms with Crippen molar-refractivity contribution in [3.63, 3.8) is 0 Å². The summed E-state index contributed by atoms with van der Waals surface area (Å²) in [6.45, 7) is 7.97. The molecule has 1 aromatic carbocycles. The van der Waals surface area contributed by atoms with Gasteiger partial charge in [0.1, 0.15) is 0 Å². The summed E-state index contributed by atoms with van der Waals surface area (Å²) in [6.07, 6.45) is 5.60. The van der Waals surface area contributed by atoms with E-state index in [9.17, 15) is 0 Å². The number of piperazine rings is 1. The molecule has 1 heterocycles. The fraction of sp³-hybridized carbons (Fsp3) is 0.714. The first-order chi connectivity index (χ1) is 12.7. The zero-order valence-electron chi connectivity index (χ0n) is 16.8. The molecule has 2 aliphatic rings. The van der Waals surface area contributed by atoms with Crippen LogP contribution in [0.4, 0.5) is 0 Å². The summed E-state index contributed by atoms with van der Waals surface area (Å²) in [7, 11) is 4.99. The molecule has 0 N–H and O–H groups in total. The summed E-state index contributed by atoms with van der Waals surface area (Å²) < 4.78 is 16.4. The predicted molar refractivity (Wildman–Crippen MR) is 104 cm³/mol. The monoisotopic (exact) mass is 362 g/mol. The molecule has 3 rings (SSSR count). The van der Waals surface area contributed by atoms with Gasteiger partial charge in [0, 0.05) is 38.8 Å². The number of hydrogen-bond donors (Lipinski definition) is 0. The van der Waals surface area contributed by atoms with Crippen LogP contribution in [0.5, 0.6) is 17.2 Å². The molecule has 146 valence electrons. The molecule has 1 saturated carbocycles. The third kappa shape index (κ3) is 4.26. The van der Waals surface area contributed by atoms with Gasteiger partial charge in [-0.25, -0.2) is 0 Å². The second-order valence-electron chi connectivity index (χ2n) is 7.67. The Morgan fingerprint density at radius 2 is 1.50 bits per heavy atom. The van der Waals surface area contributed by atoms with Gasteiger partial charge in [-0.15, -0.1) is 0 Å². The van der Waals surface area contributed by atoms with E-state index in [4.69, 9.17) is 14.2 Å². The molecule has 1 saturated heterocycles. The van der Waals surface area contributed by atoms with Crippen LogP contribution in [0.25, 0.3) is 0 Å². The van der Waals surface area contributed by atoms with Gasteiger partial charge in [0.2, 0.25) is 5.75 Å². The SMILES string of the molecule is COc1cc(CN2CCN([C@@H]3CCCC[C@H]3C)CC2)cc(OC)c1OC. The van der Waals surface area contributed by atoms with Crippen LogP contribution in [0.15, 0.2) is 12.1 Å². The van der Waals surface area contributed by atoms with E-state index in [1.165, 1.54) is 44.3 Å². The van der Waals surface area contributed by atoms with E-state index in [2.05, 4.69) is 28.9 Å². The zero-order valence-corrected chi connectivity index (χ0v) is 16.8. The molecule has 0 spiro atoms. The van der Waals surface area contributed by atoms with E-state index in [1.807, 2.05) is 0 Å². The van der Waals surface area contributed by atoms with Crippen LogP contribution in [-0.2, 0) is 6.54 Å². The molecule has 2 atom stereocenters. The van der Waals surface area contributed by atoms with Gasteiger partial charge in [0.25, 0.3) is 0 Å². The molecule has 5 nitrogen and oxygen atoms in total. The van der Waals surface area contributed by atoms with Crippen molar-refractivity contribution < 1.29 is 14.2 Å². The minimum absolute atomic E-state index is 0.662. The van der Waals surface area contributed by atoms with Crippen LogP contribution in [0, 0.1) is 5.92 Å². The Kier molecular flexibility index (Phi) is 6.65. The molecule has 0 unspecified atom stereocenters. The van der Waals surface area contributed by atoms with Crippen molar-refractivity contribution >= 4 is 0 Å². The zero-order chi connectivity index (χ0) is 18.5. The van der Waals surface area contributed by atoms with Crippen molar-refractivity contribution in [2.24, 2.45) is 5.92 Å². The van der Waals surface area contributed by atoms with E-state index in [1.54, 1.807) is 21.3 Å². The highest BCUT2D eigenvalue weighted by Gasteiger charge is 2.29. The fourth-order valence-corrected chi connectivity index (χ4v) is 4.58. The van der Waals surface area contributed by atoms with Crippen molar-refractivity contribution in [3.8, 4) is 17.2 Å². The minimum Gasteiger partial charge on any atom is -0.493 e. The highest BCUT2D eigenvalue weighted by Crippen LogP contribution is 2.38. The highest BCUT2D eigenvalue weighted by molar-refractivity contribution is 5.53. The van der Waals surface area contributed by atoms with Gasteiger partial charge < -0.3 is 14.2 Å². The minimum atomic E-state index is 0.662. The van der Waals surface area contributed by atoms with Gasteiger partial charge in [-0.3, -0.25) is 9.80 Å². The molecular weight excluding hydrogens is 328 g/mol. The van der Waals surface area contributed by atoms with Gasteiger partial charge >= 0.3 is 0 Å². The number of hydrogen-bond acceptors (Lipinski definition) is 5. The maximum absolute atomic E-state index is 5.48. The summed E-state index contributed by atoms with van der Waals surface area (Å²) in [5.41, 5.74) is 1.21. The Bertz CT molecular complexity index is 560. The molecule has 26 heavy (non-hydrogen) atoms. The fourth-order valence-electron chi connectivity index (χ4n) is 4.58. The number of methoxy groups -OCH3 is 3. The molecule has 0 aromatic heterocycles. The summed E-state index contributed by atoms with van der Waals surface area (Å²) in [4.78, 5) is 5.26. The van der Waals surface area contributed by atoms with E-state index >= 15 is 0 Å². The second-order valence-corrected chi connectivity index (χ2v) is 7.67. The van der Waals surface area contributed by atoms with E-state index < -0.39 is 0 Å². The average Bonchev–Trinajstić information content (AvgIpc) is 2.68. The highest BCUT2D eigenvalue weighted by atomic mass is 16.5. The number of nitrogens with zero attached hydrogens (tertiary/aromatic N) is 2. The smallest absolute Gasteiger partial charge is 0.203 e. The van der Waals surface area contributed by atoms with Crippen molar-refractivity contribution in [1.29, 1.82) is 0 Å². The Hall–Kier alpha value is -1.46. The topological polar surface area (TPSA) is 34.2 Å². The van der Waals surface area contributed by atoms with E-state index in [0.717, 1.165) is 43.1 Å². The van der Waals surface area contributed by atoms with Gasteiger partial charge in [-0.2, -0.15) is 0 Å². The molecule has 5 heteroatoms. The summed E-state index contributed by atoms with van der Waals surface area (Å²) in [5, 5.41) is 0. The molecule has 1 aromatic rings. The molecule has 1 aliphatic heterocycles. The molecule has 0 radical (unpaired) electrons. The Morgan fingerprint density at radius 3 is 2.04 bits per heavy atom. The Labute approximate surface area is 158 Å². The van der Waals surface area contributed by atoms with Crippen molar-refractivity contribution in [2.75, 3.05) is 47.5 Å². The summed E-state index contributed by atoms with van der Waals surface area (Å²) in [6, 6.07) is 4.93. The largest absolute Gasteiger partial charge is 0.493 e.